The van der Waals surface area contributed by atoms with Gasteiger partial charge >= 0.3 is 0 Å². The molecular weight excluding hydrogens is 212 g/mol. The number of rotatable bonds is 7. The van der Waals surface area contributed by atoms with Gasteiger partial charge < -0.3 is 0 Å². The second kappa shape index (κ2) is 7.11. The molecule has 0 aliphatic rings. The van der Waals surface area contributed by atoms with Gasteiger partial charge in [-0.1, -0.05) is 52.5 Å². The highest BCUT2D eigenvalue weighted by Crippen LogP contribution is 2.22. The third kappa shape index (κ3) is 7.05. The van der Waals surface area contributed by atoms with Gasteiger partial charge in [-0.15, -0.1) is 11.3 Å². The van der Waals surface area contributed by atoms with Gasteiger partial charge in [0, 0.05) is 4.88 Å². The van der Waals surface area contributed by atoms with E-state index in [4.69, 9.17) is 0 Å². The Morgan fingerprint density at radius 2 is 1.69 bits per heavy atom. The SMILES string of the molecule is CC(C)(C)CCCCCCCc1cccs1. The summed E-state index contributed by atoms with van der Waals surface area (Å²) in [7, 11) is 0. The molecule has 92 valence electrons. The standard InChI is InChI=1S/C15H26S/c1-15(2,3)12-8-6-4-5-7-10-14-11-9-13-16-14/h9,11,13H,4-8,10,12H2,1-3H3. The Balaban J connectivity index is 1.89. The van der Waals surface area contributed by atoms with Crippen LogP contribution in [0, 0.1) is 5.41 Å². The van der Waals surface area contributed by atoms with E-state index >= 15 is 0 Å². The zero-order valence-corrected chi connectivity index (χ0v) is 11.9. The van der Waals surface area contributed by atoms with Crippen LogP contribution in [0.15, 0.2) is 17.5 Å². The predicted octanol–water partition coefficient (Wildman–Crippen LogP) is 5.68. The first-order chi connectivity index (χ1) is 7.58. The highest BCUT2D eigenvalue weighted by Gasteiger charge is 2.08. The highest BCUT2D eigenvalue weighted by atomic mass is 32.1. The summed E-state index contributed by atoms with van der Waals surface area (Å²) in [4.78, 5) is 1.55. The second-order valence-electron chi connectivity index (χ2n) is 5.91. The molecule has 16 heavy (non-hydrogen) atoms. The maximum absolute atomic E-state index is 2.34. The third-order valence-corrected chi connectivity index (χ3v) is 3.87. The first-order valence-corrected chi connectivity index (χ1v) is 7.48. The zero-order valence-electron chi connectivity index (χ0n) is 11.1. The average Bonchev–Trinajstić information content (AvgIpc) is 2.67. The summed E-state index contributed by atoms with van der Waals surface area (Å²) in [6, 6.07) is 4.41. The average molecular weight is 238 g/mol. The fourth-order valence-electron chi connectivity index (χ4n) is 1.94. The van der Waals surface area contributed by atoms with Crippen LogP contribution < -0.4 is 0 Å². The van der Waals surface area contributed by atoms with E-state index in [0.29, 0.717) is 5.41 Å². The third-order valence-electron chi connectivity index (χ3n) is 2.93. The van der Waals surface area contributed by atoms with E-state index < -0.39 is 0 Å². The van der Waals surface area contributed by atoms with Crippen LogP contribution in [-0.2, 0) is 6.42 Å². The van der Waals surface area contributed by atoms with Crippen molar-refractivity contribution < 1.29 is 0 Å². The van der Waals surface area contributed by atoms with Crippen molar-refractivity contribution in [2.45, 2.75) is 65.7 Å². The highest BCUT2D eigenvalue weighted by molar-refractivity contribution is 7.09. The molecule has 0 N–H and O–H groups in total. The predicted molar refractivity (Wildman–Crippen MR) is 75.2 cm³/mol. The largest absolute Gasteiger partial charge is 0.149 e. The topological polar surface area (TPSA) is 0 Å². The van der Waals surface area contributed by atoms with Crippen molar-refractivity contribution in [2.75, 3.05) is 0 Å². The minimum Gasteiger partial charge on any atom is -0.149 e. The van der Waals surface area contributed by atoms with E-state index in [-0.39, 0.29) is 0 Å². The molecule has 1 heterocycles. The fraction of sp³-hybridized carbons (Fsp3) is 0.733. The van der Waals surface area contributed by atoms with E-state index in [1.54, 1.807) is 4.88 Å². The van der Waals surface area contributed by atoms with E-state index in [2.05, 4.69) is 38.3 Å². The maximum Gasteiger partial charge on any atom is 0.00452 e. The van der Waals surface area contributed by atoms with Gasteiger partial charge in [-0.3, -0.25) is 0 Å². The van der Waals surface area contributed by atoms with Crippen LogP contribution in [0.3, 0.4) is 0 Å². The maximum atomic E-state index is 2.34. The molecule has 0 amide bonds. The number of hydrogen-bond acceptors (Lipinski definition) is 1. The Hall–Kier alpha value is -0.300. The van der Waals surface area contributed by atoms with Crippen LogP contribution in [0.5, 0.6) is 0 Å². The Kier molecular flexibility index (Phi) is 6.12. The first-order valence-electron chi connectivity index (χ1n) is 6.60. The molecule has 0 spiro atoms. The summed E-state index contributed by atoms with van der Waals surface area (Å²) in [5.74, 6) is 0. The quantitative estimate of drug-likeness (QED) is 0.536. The van der Waals surface area contributed by atoms with Crippen molar-refractivity contribution >= 4 is 11.3 Å². The van der Waals surface area contributed by atoms with Crippen LogP contribution in [-0.4, -0.2) is 0 Å². The lowest BCUT2D eigenvalue weighted by Crippen LogP contribution is -2.03. The van der Waals surface area contributed by atoms with Crippen molar-refractivity contribution in [3.05, 3.63) is 22.4 Å². The Morgan fingerprint density at radius 3 is 2.31 bits per heavy atom. The molecule has 0 atom stereocenters. The van der Waals surface area contributed by atoms with Crippen LogP contribution in [0.25, 0.3) is 0 Å². The summed E-state index contributed by atoms with van der Waals surface area (Å²) in [5.41, 5.74) is 0.525. The van der Waals surface area contributed by atoms with Gasteiger partial charge in [0.2, 0.25) is 0 Å². The molecule has 0 aromatic carbocycles. The zero-order chi connectivity index (χ0) is 11.9. The lowest BCUT2D eigenvalue weighted by molar-refractivity contribution is 0.356. The lowest BCUT2D eigenvalue weighted by Gasteiger charge is -2.17. The van der Waals surface area contributed by atoms with Gasteiger partial charge in [-0.05, 0) is 36.1 Å². The first kappa shape index (κ1) is 13.8. The van der Waals surface area contributed by atoms with Crippen molar-refractivity contribution in [1.29, 1.82) is 0 Å². The monoisotopic (exact) mass is 238 g/mol. The van der Waals surface area contributed by atoms with Crippen molar-refractivity contribution in [3.63, 3.8) is 0 Å². The number of hydrogen-bond donors (Lipinski definition) is 0. The van der Waals surface area contributed by atoms with Crippen LogP contribution >= 0.6 is 11.3 Å². The Bertz CT molecular complexity index is 253. The minimum atomic E-state index is 0.525. The summed E-state index contributed by atoms with van der Waals surface area (Å²) in [5, 5.41) is 2.18. The molecule has 0 nitrogen and oxygen atoms in total. The number of unbranched alkanes of at least 4 members (excludes halogenated alkanes) is 4. The lowest BCUT2D eigenvalue weighted by atomic mass is 9.89. The van der Waals surface area contributed by atoms with Crippen molar-refractivity contribution in [1.82, 2.24) is 0 Å². The molecule has 0 saturated heterocycles. The molecule has 1 heteroatoms. The molecule has 0 radical (unpaired) electrons. The van der Waals surface area contributed by atoms with Crippen molar-refractivity contribution in [3.8, 4) is 0 Å². The van der Waals surface area contributed by atoms with E-state index in [1.165, 1.54) is 44.9 Å². The molecule has 0 fully saturated rings. The fourth-order valence-corrected chi connectivity index (χ4v) is 2.69. The van der Waals surface area contributed by atoms with Gasteiger partial charge in [0.15, 0.2) is 0 Å². The van der Waals surface area contributed by atoms with Crippen molar-refractivity contribution in [2.24, 2.45) is 5.41 Å². The van der Waals surface area contributed by atoms with Gasteiger partial charge in [-0.2, -0.15) is 0 Å². The summed E-state index contributed by atoms with van der Waals surface area (Å²) in [6.07, 6.45) is 9.68. The normalized spacial score (nSPS) is 11.9. The van der Waals surface area contributed by atoms with Gasteiger partial charge in [0.05, 0.1) is 0 Å². The van der Waals surface area contributed by atoms with Crippen LogP contribution in [0.2, 0.25) is 0 Å². The molecular formula is C15H26S. The number of aryl methyl sites for hydroxylation is 1. The van der Waals surface area contributed by atoms with Gasteiger partial charge in [-0.25, -0.2) is 0 Å². The molecule has 0 aliphatic carbocycles. The van der Waals surface area contributed by atoms with E-state index in [1.807, 2.05) is 11.3 Å². The molecule has 1 aromatic heterocycles. The minimum absolute atomic E-state index is 0.525. The molecule has 0 bridgehead atoms. The van der Waals surface area contributed by atoms with Crippen LogP contribution in [0.1, 0.15) is 64.2 Å². The van der Waals surface area contributed by atoms with Crippen LogP contribution in [0.4, 0.5) is 0 Å². The summed E-state index contributed by atoms with van der Waals surface area (Å²) < 4.78 is 0. The molecule has 1 aromatic rings. The summed E-state index contributed by atoms with van der Waals surface area (Å²) in [6.45, 7) is 7.01. The molecule has 1 rings (SSSR count). The van der Waals surface area contributed by atoms with Gasteiger partial charge in [0.1, 0.15) is 0 Å². The summed E-state index contributed by atoms with van der Waals surface area (Å²) >= 11 is 1.89. The number of thiophene rings is 1. The molecule has 0 aliphatic heterocycles. The Labute approximate surface area is 105 Å². The second-order valence-corrected chi connectivity index (χ2v) is 6.94. The van der Waals surface area contributed by atoms with E-state index in [9.17, 15) is 0 Å². The smallest absolute Gasteiger partial charge is 0.00452 e. The molecule has 0 unspecified atom stereocenters. The molecule has 0 saturated carbocycles. The van der Waals surface area contributed by atoms with Gasteiger partial charge in [0.25, 0.3) is 0 Å². The Morgan fingerprint density at radius 1 is 1.00 bits per heavy atom. The van der Waals surface area contributed by atoms with E-state index in [0.717, 1.165) is 0 Å².